The summed E-state index contributed by atoms with van der Waals surface area (Å²) in [6.07, 6.45) is -2.03. The molecule has 1 aromatic heterocycles. The van der Waals surface area contributed by atoms with Crippen molar-refractivity contribution in [3.05, 3.63) is 18.0 Å². The number of aromatic nitrogens is 2. The van der Waals surface area contributed by atoms with Gasteiger partial charge < -0.3 is 15.2 Å². The van der Waals surface area contributed by atoms with Crippen molar-refractivity contribution in [2.24, 2.45) is 0 Å². The van der Waals surface area contributed by atoms with Crippen LogP contribution in [-0.4, -0.2) is 52.3 Å². The maximum absolute atomic E-state index is 12.6. The lowest BCUT2D eigenvalue weighted by molar-refractivity contribution is -0.249. The quantitative estimate of drug-likeness (QED) is 0.876. The largest absolute Gasteiger partial charge is 0.418 e. The zero-order valence-corrected chi connectivity index (χ0v) is 12.1. The molecule has 0 bridgehead atoms. The van der Waals surface area contributed by atoms with Crippen LogP contribution < -0.4 is 5.32 Å². The van der Waals surface area contributed by atoms with Crippen molar-refractivity contribution in [2.75, 3.05) is 19.8 Å². The SMILES string of the molecule is CC(O)(CNC(=O)c1ccnn1C1CCOCC1)C(F)(F)F. The number of carbonyl (C=O) groups is 1. The fourth-order valence-corrected chi connectivity index (χ4v) is 2.16. The van der Waals surface area contributed by atoms with E-state index in [2.05, 4.69) is 10.4 Å². The Morgan fingerprint density at radius 1 is 1.50 bits per heavy atom. The van der Waals surface area contributed by atoms with Gasteiger partial charge in [0.25, 0.3) is 5.91 Å². The first-order valence-corrected chi connectivity index (χ1v) is 6.91. The highest BCUT2D eigenvalue weighted by molar-refractivity contribution is 5.92. The number of amides is 1. The van der Waals surface area contributed by atoms with Crippen molar-refractivity contribution in [2.45, 2.75) is 37.6 Å². The molecule has 2 rings (SSSR count). The van der Waals surface area contributed by atoms with Crippen LogP contribution in [0.3, 0.4) is 0 Å². The van der Waals surface area contributed by atoms with Gasteiger partial charge in [-0.3, -0.25) is 9.48 Å². The number of aliphatic hydroxyl groups is 1. The lowest BCUT2D eigenvalue weighted by atomic mass is 10.1. The summed E-state index contributed by atoms with van der Waals surface area (Å²) in [5, 5.41) is 15.5. The number of halogens is 3. The van der Waals surface area contributed by atoms with Crippen LogP contribution in [0.1, 0.15) is 36.3 Å². The van der Waals surface area contributed by atoms with Crippen molar-refractivity contribution in [3.8, 4) is 0 Å². The average Bonchev–Trinajstić information content (AvgIpc) is 2.94. The molecule has 1 saturated heterocycles. The highest BCUT2D eigenvalue weighted by atomic mass is 19.4. The van der Waals surface area contributed by atoms with Gasteiger partial charge >= 0.3 is 6.18 Å². The number of nitrogens with one attached hydrogen (secondary N) is 1. The van der Waals surface area contributed by atoms with E-state index in [4.69, 9.17) is 4.74 Å². The van der Waals surface area contributed by atoms with Gasteiger partial charge in [0.15, 0.2) is 5.60 Å². The lowest BCUT2D eigenvalue weighted by Gasteiger charge is -2.27. The number of carbonyl (C=O) groups excluding carboxylic acids is 1. The van der Waals surface area contributed by atoms with Crippen LogP contribution in [0.5, 0.6) is 0 Å². The Balaban J connectivity index is 2.03. The summed E-state index contributed by atoms with van der Waals surface area (Å²) >= 11 is 0. The third-order valence-corrected chi connectivity index (χ3v) is 3.64. The molecule has 1 aliphatic rings. The normalized spacial score (nSPS) is 19.7. The highest BCUT2D eigenvalue weighted by Crippen LogP contribution is 2.29. The van der Waals surface area contributed by atoms with Crippen LogP contribution in [0.15, 0.2) is 12.3 Å². The zero-order chi connectivity index (χ0) is 16.4. The number of nitrogens with zero attached hydrogens (tertiary/aromatic N) is 2. The van der Waals surface area contributed by atoms with Crippen LogP contribution in [-0.2, 0) is 4.74 Å². The van der Waals surface area contributed by atoms with Gasteiger partial charge in [-0.25, -0.2) is 0 Å². The highest BCUT2D eigenvalue weighted by Gasteiger charge is 2.50. The molecule has 1 unspecified atom stereocenters. The predicted molar refractivity (Wildman–Crippen MR) is 70.3 cm³/mol. The molecule has 22 heavy (non-hydrogen) atoms. The molecule has 9 heteroatoms. The number of hydrogen-bond acceptors (Lipinski definition) is 4. The molecular formula is C13H18F3N3O3. The Hall–Kier alpha value is -1.61. The Kier molecular flexibility index (Phi) is 4.76. The molecule has 6 nitrogen and oxygen atoms in total. The third-order valence-electron chi connectivity index (χ3n) is 3.64. The first-order chi connectivity index (χ1) is 10.2. The molecule has 1 aliphatic heterocycles. The Labute approximate surface area is 125 Å². The number of hydrogen-bond donors (Lipinski definition) is 2. The van der Waals surface area contributed by atoms with Crippen molar-refractivity contribution in [1.82, 2.24) is 15.1 Å². The lowest BCUT2D eigenvalue weighted by Crippen LogP contribution is -2.51. The van der Waals surface area contributed by atoms with Gasteiger partial charge in [-0.1, -0.05) is 0 Å². The van der Waals surface area contributed by atoms with Crippen LogP contribution in [0, 0.1) is 0 Å². The van der Waals surface area contributed by atoms with Crippen molar-refractivity contribution >= 4 is 5.91 Å². The summed E-state index contributed by atoms with van der Waals surface area (Å²) in [5.41, 5.74) is -2.81. The van der Waals surface area contributed by atoms with E-state index in [1.165, 1.54) is 16.9 Å². The first kappa shape index (κ1) is 16.8. The number of rotatable bonds is 4. The standard InChI is InChI=1S/C13H18F3N3O3/c1-12(21,13(14,15)16)8-17-11(20)10-2-5-18-19(10)9-3-6-22-7-4-9/h2,5,9,21H,3-4,6-8H2,1H3,(H,17,20). The van der Waals surface area contributed by atoms with Gasteiger partial charge in [0.1, 0.15) is 5.69 Å². The minimum absolute atomic E-state index is 0.0207. The average molecular weight is 321 g/mol. The summed E-state index contributed by atoms with van der Waals surface area (Å²) < 4.78 is 44.4. The molecule has 1 amide bonds. The Morgan fingerprint density at radius 2 is 2.14 bits per heavy atom. The topological polar surface area (TPSA) is 76.4 Å². The fraction of sp³-hybridized carbons (Fsp3) is 0.692. The van der Waals surface area contributed by atoms with E-state index in [0.29, 0.717) is 33.0 Å². The summed E-state index contributed by atoms with van der Waals surface area (Å²) in [6.45, 7) is 0.792. The number of alkyl halides is 3. The van der Waals surface area contributed by atoms with E-state index in [1.54, 1.807) is 0 Å². The molecule has 0 spiro atoms. The molecule has 0 aliphatic carbocycles. The minimum atomic E-state index is -4.82. The molecular weight excluding hydrogens is 303 g/mol. The van der Waals surface area contributed by atoms with Gasteiger partial charge in [-0.05, 0) is 25.8 Å². The molecule has 2 heterocycles. The minimum Gasteiger partial charge on any atom is -0.381 e. The zero-order valence-electron chi connectivity index (χ0n) is 12.1. The third kappa shape index (κ3) is 3.58. The molecule has 1 atom stereocenters. The van der Waals surface area contributed by atoms with Gasteiger partial charge in [0.05, 0.1) is 12.6 Å². The Morgan fingerprint density at radius 3 is 2.73 bits per heavy atom. The van der Waals surface area contributed by atoms with Crippen LogP contribution >= 0.6 is 0 Å². The van der Waals surface area contributed by atoms with Gasteiger partial charge in [0.2, 0.25) is 0 Å². The van der Waals surface area contributed by atoms with Gasteiger partial charge in [-0.2, -0.15) is 18.3 Å². The number of ether oxygens (including phenoxy) is 1. The Bertz CT molecular complexity index is 522. The maximum Gasteiger partial charge on any atom is 0.418 e. The van der Waals surface area contributed by atoms with Gasteiger partial charge in [-0.15, -0.1) is 0 Å². The molecule has 1 fully saturated rings. The molecule has 2 N–H and O–H groups in total. The smallest absolute Gasteiger partial charge is 0.381 e. The summed E-state index contributed by atoms with van der Waals surface area (Å²) in [5.74, 6) is -0.700. The molecule has 124 valence electrons. The van der Waals surface area contributed by atoms with Crippen LogP contribution in [0.25, 0.3) is 0 Å². The first-order valence-electron chi connectivity index (χ1n) is 6.91. The van der Waals surface area contributed by atoms with Crippen molar-refractivity contribution in [1.29, 1.82) is 0 Å². The van der Waals surface area contributed by atoms with E-state index in [0.717, 1.165) is 0 Å². The summed E-state index contributed by atoms with van der Waals surface area (Å²) in [4.78, 5) is 12.1. The molecule has 0 aromatic carbocycles. The molecule has 0 saturated carbocycles. The summed E-state index contributed by atoms with van der Waals surface area (Å²) in [6, 6.07) is 1.42. The molecule has 1 aromatic rings. The van der Waals surface area contributed by atoms with Gasteiger partial charge in [0, 0.05) is 19.4 Å². The van der Waals surface area contributed by atoms with E-state index >= 15 is 0 Å². The van der Waals surface area contributed by atoms with Crippen LogP contribution in [0.4, 0.5) is 13.2 Å². The van der Waals surface area contributed by atoms with E-state index in [1.807, 2.05) is 0 Å². The van der Waals surface area contributed by atoms with E-state index in [-0.39, 0.29) is 11.7 Å². The monoisotopic (exact) mass is 321 g/mol. The second kappa shape index (κ2) is 6.25. The van der Waals surface area contributed by atoms with Crippen molar-refractivity contribution in [3.63, 3.8) is 0 Å². The van der Waals surface area contributed by atoms with Crippen LogP contribution in [0.2, 0.25) is 0 Å². The van der Waals surface area contributed by atoms with Crippen molar-refractivity contribution < 1.29 is 27.8 Å². The second-order valence-corrected chi connectivity index (χ2v) is 5.46. The predicted octanol–water partition coefficient (Wildman–Crippen LogP) is 1.28. The van der Waals surface area contributed by atoms with E-state index < -0.39 is 24.2 Å². The summed E-state index contributed by atoms with van der Waals surface area (Å²) in [7, 11) is 0. The van der Waals surface area contributed by atoms with E-state index in [9.17, 15) is 23.1 Å². The molecule has 0 radical (unpaired) electrons. The fourth-order valence-electron chi connectivity index (χ4n) is 2.16. The second-order valence-electron chi connectivity index (χ2n) is 5.46. The maximum atomic E-state index is 12.6.